The number of carbonyl (C=O) groups is 3. The van der Waals surface area contributed by atoms with Gasteiger partial charge < -0.3 is 18.9 Å². The largest absolute Gasteiger partial charge is 0.494 e. The predicted octanol–water partition coefficient (Wildman–Crippen LogP) is 5.99. The molecule has 0 aromatic heterocycles. The first-order chi connectivity index (χ1) is 18.9. The van der Waals surface area contributed by atoms with Gasteiger partial charge in [0.1, 0.15) is 17.6 Å². The summed E-state index contributed by atoms with van der Waals surface area (Å²) in [5, 5.41) is 0. The summed E-state index contributed by atoms with van der Waals surface area (Å²) >= 11 is 0. The van der Waals surface area contributed by atoms with E-state index in [-0.39, 0.29) is 5.92 Å². The van der Waals surface area contributed by atoms with Crippen LogP contribution in [0, 0.1) is 5.92 Å². The number of esters is 3. The van der Waals surface area contributed by atoms with Crippen LogP contribution in [0.15, 0.2) is 104 Å². The molecule has 0 aliphatic heterocycles. The van der Waals surface area contributed by atoms with Crippen LogP contribution in [0.3, 0.4) is 0 Å². The van der Waals surface area contributed by atoms with Gasteiger partial charge in [-0.05, 0) is 66.0 Å². The maximum atomic E-state index is 12.3. The van der Waals surface area contributed by atoms with E-state index in [4.69, 9.17) is 18.9 Å². The molecule has 0 N–H and O–H groups in total. The zero-order valence-electron chi connectivity index (χ0n) is 21.9. The van der Waals surface area contributed by atoms with Crippen molar-refractivity contribution in [3.8, 4) is 16.9 Å². The molecule has 1 aliphatic carbocycles. The van der Waals surface area contributed by atoms with Crippen LogP contribution in [0.4, 0.5) is 0 Å². The number of carbonyl (C=O) groups excluding carboxylic acids is 3. The molecule has 0 fully saturated rings. The van der Waals surface area contributed by atoms with Crippen LogP contribution in [0.1, 0.15) is 25.3 Å². The van der Waals surface area contributed by atoms with Crippen molar-refractivity contribution in [2.24, 2.45) is 5.92 Å². The van der Waals surface area contributed by atoms with Gasteiger partial charge in [-0.3, -0.25) is 0 Å². The smallest absolute Gasteiger partial charge is 0.336 e. The third kappa shape index (κ3) is 9.63. The molecular weight excluding hydrogens is 496 g/mol. The number of rotatable bonds is 13. The van der Waals surface area contributed by atoms with E-state index in [2.05, 4.69) is 13.2 Å². The van der Waals surface area contributed by atoms with Gasteiger partial charge in [0, 0.05) is 24.1 Å². The first-order valence-corrected chi connectivity index (χ1v) is 12.6. The zero-order valence-corrected chi connectivity index (χ0v) is 21.9. The Hall–Kier alpha value is -4.65. The quantitative estimate of drug-likeness (QED) is 0.137. The molecule has 0 heterocycles. The number of benzene rings is 2. The normalized spacial score (nSPS) is 16.2. The summed E-state index contributed by atoms with van der Waals surface area (Å²) in [5.74, 6) is -0.384. The van der Waals surface area contributed by atoms with Crippen LogP contribution < -0.4 is 4.74 Å². The van der Waals surface area contributed by atoms with Gasteiger partial charge in [-0.15, -0.1) is 0 Å². The van der Waals surface area contributed by atoms with Gasteiger partial charge in [0.2, 0.25) is 0 Å². The molecular formula is C32H32O7. The highest BCUT2D eigenvalue weighted by Gasteiger charge is 2.21. The molecule has 2 unspecified atom stereocenters. The van der Waals surface area contributed by atoms with Crippen LogP contribution in [0.2, 0.25) is 0 Å². The molecule has 39 heavy (non-hydrogen) atoms. The predicted molar refractivity (Wildman–Crippen MR) is 149 cm³/mol. The zero-order chi connectivity index (χ0) is 28.0. The van der Waals surface area contributed by atoms with Gasteiger partial charge in [-0.1, -0.05) is 56.5 Å². The minimum Gasteiger partial charge on any atom is -0.494 e. The summed E-state index contributed by atoms with van der Waals surface area (Å²) < 4.78 is 21.3. The Morgan fingerprint density at radius 2 is 1.49 bits per heavy atom. The lowest BCUT2D eigenvalue weighted by Gasteiger charge is -2.22. The Bertz CT molecular complexity index is 1250. The van der Waals surface area contributed by atoms with Gasteiger partial charge in [0.25, 0.3) is 0 Å². The monoisotopic (exact) mass is 528 g/mol. The SMILES string of the molecule is C=CC(=O)OCCCCOc1ccc(-c2ccc(/C=C/C(=O)OC3=CC(C)C(OC(=O)C=C)C=C3)cc2)cc1. The van der Waals surface area contributed by atoms with Crippen molar-refractivity contribution in [3.63, 3.8) is 0 Å². The summed E-state index contributed by atoms with van der Waals surface area (Å²) in [6, 6.07) is 15.6. The molecule has 0 bridgehead atoms. The fourth-order valence-electron chi connectivity index (χ4n) is 3.64. The molecule has 2 aromatic carbocycles. The Morgan fingerprint density at radius 1 is 0.846 bits per heavy atom. The molecule has 7 heteroatoms. The number of ether oxygens (including phenoxy) is 4. The van der Waals surface area contributed by atoms with Crippen molar-refractivity contribution in [3.05, 3.63) is 109 Å². The average molecular weight is 529 g/mol. The van der Waals surface area contributed by atoms with Gasteiger partial charge in [-0.25, -0.2) is 14.4 Å². The second-order valence-corrected chi connectivity index (χ2v) is 8.72. The highest BCUT2D eigenvalue weighted by atomic mass is 16.5. The van der Waals surface area contributed by atoms with E-state index >= 15 is 0 Å². The Balaban J connectivity index is 1.44. The minimum absolute atomic E-state index is 0.139. The standard InChI is InChI=1S/C32H32O7/c1-4-30(33)37-21-7-6-20-36-27-15-13-26(14-16-27)25-11-8-24(9-12-25)10-19-32(35)38-28-17-18-29(23(3)22-28)39-31(34)5-2/h4-5,8-19,22-23,29H,1-2,6-7,20-21H2,3H3/b19-10+. The summed E-state index contributed by atoms with van der Waals surface area (Å²) in [6.45, 7) is 9.50. The molecule has 3 rings (SSSR count). The molecule has 202 valence electrons. The van der Waals surface area contributed by atoms with Crippen molar-refractivity contribution >= 4 is 24.0 Å². The molecule has 0 saturated heterocycles. The average Bonchev–Trinajstić information content (AvgIpc) is 2.95. The lowest BCUT2D eigenvalue weighted by atomic mass is 9.99. The topological polar surface area (TPSA) is 88.1 Å². The van der Waals surface area contributed by atoms with E-state index in [1.165, 1.54) is 6.08 Å². The summed E-state index contributed by atoms with van der Waals surface area (Å²) in [6.07, 6.45) is 11.4. The third-order valence-electron chi connectivity index (χ3n) is 5.76. The van der Waals surface area contributed by atoms with Crippen LogP contribution in [-0.4, -0.2) is 37.2 Å². The first kappa shape index (κ1) is 28.9. The number of allylic oxidation sites excluding steroid dienone is 1. The Kier molecular flexibility index (Phi) is 11.1. The lowest BCUT2D eigenvalue weighted by molar-refractivity contribution is -0.142. The van der Waals surface area contributed by atoms with Crippen LogP contribution in [0.5, 0.6) is 5.75 Å². The van der Waals surface area contributed by atoms with E-state index in [1.54, 1.807) is 24.3 Å². The molecule has 1 aliphatic rings. The van der Waals surface area contributed by atoms with Crippen molar-refractivity contribution in [1.29, 1.82) is 0 Å². The molecule has 0 radical (unpaired) electrons. The van der Waals surface area contributed by atoms with Crippen LogP contribution >= 0.6 is 0 Å². The molecule has 0 spiro atoms. The Morgan fingerprint density at radius 3 is 2.13 bits per heavy atom. The Labute approximate surface area is 228 Å². The maximum Gasteiger partial charge on any atom is 0.336 e. The molecule has 0 saturated carbocycles. The van der Waals surface area contributed by atoms with Crippen molar-refractivity contribution < 1.29 is 33.3 Å². The maximum absolute atomic E-state index is 12.3. The summed E-state index contributed by atoms with van der Waals surface area (Å²) in [5.41, 5.74) is 2.92. The third-order valence-corrected chi connectivity index (χ3v) is 5.76. The number of hydrogen-bond donors (Lipinski definition) is 0. The second kappa shape index (κ2) is 14.9. The van der Waals surface area contributed by atoms with Crippen molar-refractivity contribution in [1.82, 2.24) is 0 Å². The summed E-state index contributed by atoms with van der Waals surface area (Å²) in [4.78, 5) is 34.7. The van der Waals surface area contributed by atoms with E-state index in [1.807, 2.05) is 55.5 Å². The molecule has 2 atom stereocenters. The van der Waals surface area contributed by atoms with Gasteiger partial charge >= 0.3 is 17.9 Å². The van der Waals surface area contributed by atoms with Crippen LogP contribution in [0.25, 0.3) is 17.2 Å². The molecule has 2 aromatic rings. The molecule has 0 amide bonds. The van der Waals surface area contributed by atoms with E-state index in [0.717, 1.165) is 47.4 Å². The van der Waals surface area contributed by atoms with Gasteiger partial charge in [-0.2, -0.15) is 0 Å². The fraction of sp³-hybridized carbons (Fsp3) is 0.219. The number of hydrogen-bond acceptors (Lipinski definition) is 7. The van der Waals surface area contributed by atoms with E-state index in [0.29, 0.717) is 19.0 Å². The van der Waals surface area contributed by atoms with Crippen LogP contribution in [-0.2, 0) is 28.6 Å². The van der Waals surface area contributed by atoms with Crippen molar-refractivity contribution in [2.75, 3.05) is 13.2 Å². The number of unbranched alkanes of at least 4 members (excludes halogenated alkanes) is 1. The van der Waals surface area contributed by atoms with Crippen molar-refractivity contribution in [2.45, 2.75) is 25.9 Å². The fourth-order valence-corrected chi connectivity index (χ4v) is 3.64. The first-order valence-electron chi connectivity index (χ1n) is 12.6. The van der Waals surface area contributed by atoms with E-state index < -0.39 is 24.0 Å². The molecule has 7 nitrogen and oxygen atoms in total. The summed E-state index contributed by atoms with van der Waals surface area (Å²) in [7, 11) is 0. The van der Waals surface area contributed by atoms with E-state index in [9.17, 15) is 14.4 Å². The lowest BCUT2D eigenvalue weighted by Crippen LogP contribution is -2.23. The highest BCUT2D eigenvalue weighted by molar-refractivity contribution is 5.88. The van der Waals surface area contributed by atoms with Gasteiger partial charge in [0.15, 0.2) is 0 Å². The minimum atomic E-state index is -0.503. The van der Waals surface area contributed by atoms with Gasteiger partial charge in [0.05, 0.1) is 13.2 Å². The highest BCUT2D eigenvalue weighted by Crippen LogP contribution is 2.24. The second-order valence-electron chi connectivity index (χ2n) is 8.72.